The number of rotatable bonds is 3. The number of hydrogen-bond acceptors (Lipinski definition) is 5. The first kappa shape index (κ1) is 24.7. The topological polar surface area (TPSA) is 89.4 Å². The molecule has 0 radical (unpaired) electrons. The number of carbonyl (C=O) groups excluding carboxylic acids is 2. The summed E-state index contributed by atoms with van der Waals surface area (Å²) in [5.41, 5.74) is 3.77. The number of pyridine rings is 1. The third-order valence-corrected chi connectivity index (χ3v) is 6.79. The zero-order valence-corrected chi connectivity index (χ0v) is 20.6. The SMILES string of the molecule is CN1C(=O)[C@@H](NC(=O)n2cc(Cc3cccnc3F)cn2)CCc2ccc(C#CC3CCOCC3)cc21. The summed E-state index contributed by atoms with van der Waals surface area (Å²) in [6.07, 6.45) is 7.66. The van der Waals surface area contributed by atoms with E-state index in [0.29, 0.717) is 29.9 Å². The second-order valence-corrected chi connectivity index (χ2v) is 9.36. The summed E-state index contributed by atoms with van der Waals surface area (Å²) in [5.74, 6) is 6.17. The van der Waals surface area contributed by atoms with Gasteiger partial charge >= 0.3 is 6.03 Å². The fraction of sp³-hybridized carbons (Fsp3) is 0.357. The summed E-state index contributed by atoms with van der Waals surface area (Å²) in [5, 5.41) is 6.90. The molecule has 1 fully saturated rings. The highest BCUT2D eigenvalue weighted by Gasteiger charge is 2.30. The van der Waals surface area contributed by atoms with Gasteiger partial charge in [-0.1, -0.05) is 24.0 Å². The van der Waals surface area contributed by atoms with E-state index in [0.717, 1.165) is 47.6 Å². The van der Waals surface area contributed by atoms with Crippen LogP contribution in [0.15, 0.2) is 48.9 Å². The van der Waals surface area contributed by atoms with Crippen LogP contribution in [0.3, 0.4) is 0 Å². The Bertz CT molecular complexity index is 1370. The van der Waals surface area contributed by atoms with Crippen molar-refractivity contribution >= 4 is 17.6 Å². The van der Waals surface area contributed by atoms with Crippen LogP contribution < -0.4 is 10.2 Å². The number of benzene rings is 1. The van der Waals surface area contributed by atoms with Crippen molar-refractivity contribution in [2.24, 2.45) is 5.92 Å². The lowest BCUT2D eigenvalue weighted by atomic mass is 10.00. The number of halogens is 1. The highest BCUT2D eigenvalue weighted by Crippen LogP contribution is 2.27. The molecule has 37 heavy (non-hydrogen) atoms. The molecule has 1 aromatic carbocycles. The minimum absolute atomic E-state index is 0.202. The molecule has 0 aliphatic carbocycles. The molecule has 2 aromatic heterocycles. The molecular weight excluding hydrogens is 473 g/mol. The van der Waals surface area contributed by atoms with Crippen molar-refractivity contribution in [2.45, 2.75) is 38.1 Å². The molecule has 4 heterocycles. The third kappa shape index (κ3) is 5.70. The Morgan fingerprint density at radius 2 is 2.08 bits per heavy atom. The van der Waals surface area contributed by atoms with Gasteiger partial charge < -0.3 is 15.0 Å². The normalized spacial score (nSPS) is 17.9. The van der Waals surface area contributed by atoms with Crippen molar-refractivity contribution in [3.63, 3.8) is 0 Å². The molecule has 2 amide bonds. The first-order valence-electron chi connectivity index (χ1n) is 12.4. The second kappa shape index (κ2) is 10.9. The van der Waals surface area contributed by atoms with Gasteiger partial charge in [0.2, 0.25) is 11.9 Å². The number of hydrogen-bond donors (Lipinski definition) is 1. The Kier molecular flexibility index (Phi) is 7.28. The molecule has 0 saturated carbocycles. The van der Waals surface area contributed by atoms with E-state index in [4.69, 9.17) is 4.74 Å². The molecule has 1 saturated heterocycles. The van der Waals surface area contributed by atoms with Crippen LogP contribution in [0, 0.1) is 23.7 Å². The first-order chi connectivity index (χ1) is 18.0. The van der Waals surface area contributed by atoms with E-state index in [1.54, 1.807) is 24.1 Å². The molecule has 3 aromatic rings. The van der Waals surface area contributed by atoms with Crippen molar-refractivity contribution in [1.82, 2.24) is 20.1 Å². The maximum Gasteiger partial charge on any atom is 0.342 e. The molecule has 5 rings (SSSR count). The van der Waals surface area contributed by atoms with Crippen molar-refractivity contribution < 1.29 is 18.7 Å². The van der Waals surface area contributed by atoms with Crippen molar-refractivity contribution in [1.29, 1.82) is 0 Å². The molecule has 1 atom stereocenters. The number of carbonyl (C=O) groups is 2. The Balaban J connectivity index is 1.25. The van der Waals surface area contributed by atoms with Crippen LogP contribution in [0.5, 0.6) is 0 Å². The summed E-state index contributed by atoms with van der Waals surface area (Å²) in [6, 6.07) is 8.01. The molecular formula is C28H28FN5O3. The largest absolute Gasteiger partial charge is 0.381 e. The van der Waals surface area contributed by atoms with Gasteiger partial charge in [0, 0.05) is 61.8 Å². The van der Waals surface area contributed by atoms with Crippen molar-refractivity contribution in [2.75, 3.05) is 25.2 Å². The summed E-state index contributed by atoms with van der Waals surface area (Å²) in [6.45, 7) is 1.49. The lowest BCUT2D eigenvalue weighted by Gasteiger charge is -2.22. The van der Waals surface area contributed by atoms with Gasteiger partial charge in [0.05, 0.1) is 6.20 Å². The third-order valence-electron chi connectivity index (χ3n) is 6.79. The van der Waals surface area contributed by atoms with E-state index in [2.05, 4.69) is 27.2 Å². The quantitative estimate of drug-likeness (QED) is 0.439. The second-order valence-electron chi connectivity index (χ2n) is 9.36. The Hall–Kier alpha value is -4.03. The van der Waals surface area contributed by atoms with E-state index in [-0.39, 0.29) is 12.3 Å². The van der Waals surface area contributed by atoms with E-state index >= 15 is 0 Å². The highest BCUT2D eigenvalue weighted by molar-refractivity contribution is 6.00. The predicted octanol–water partition coefficient (Wildman–Crippen LogP) is 3.32. The predicted molar refractivity (Wildman–Crippen MR) is 136 cm³/mol. The van der Waals surface area contributed by atoms with Crippen LogP contribution in [0.25, 0.3) is 0 Å². The van der Waals surface area contributed by atoms with Gasteiger partial charge in [-0.05, 0) is 55.0 Å². The van der Waals surface area contributed by atoms with Gasteiger partial charge in [-0.2, -0.15) is 14.2 Å². The van der Waals surface area contributed by atoms with E-state index in [1.165, 1.54) is 18.6 Å². The summed E-state index contributed by atoms with van der Waals surface area (Å²) in [4.78, 5) is 31.4. The standard InChI is InChI=1S/C28H28FN5O3/c1-33-25-16-20(5-4-19-10-13-37-14-11-19)6-7-22(25)8-9-24(27(33)35)32-28(36)34-18-21(17-31-34)15-23-3-2-12-30-26(23)29/h2-3,6-7,12,16-19,24H,8-11,13-15H2,1H3,(H,32,36)/t24-/m0/s1. The van der Waals surface area contributed by atoms with E-state index in [1.807, 2.05) is 18.2 Å². The van der Waals surface area contributed by atoms with Gasteiger partial charge in [-0.25, -0.2) is 9.78 Å². The minimum atomic E-state index is -0.704. The van der Waals surface area contributed by atoms with E-state index in [9.17, 15) is 14.0 Å². The molecule has 2 aliphatic rings. The van der Waals surface area contributed by atoms with Gasteiger partial charge in [0.1, 0.15) is 6.04 Å². The Labute approximate surface area is 214 Å². The van der Waals surface area contributed by atoms with Gasteiger partial charge in [-0.15, -0.1) is 0 Å². The zero-order valence-electron chi connectivity index (χ0n) is 20.6. The monoisotopic (exact) mass is 501 g/mol. The van der Waals surface area contributed by atoms with Crippen molar-refractivity contribution in [3.8, 4) is 11.8 Å². The number of nitrogens with one attached hydrogen (secondary N) is 1. The van der Waals surface area contributed by atoms with Crippen LogP contribution in [0.2, 0.25) is 0 Å². The number of aromatic nitrogens is 3. The van der Waals surface area contributed by atoms with Gasteiger partial charge in [0.15, 0.2) is 0 Å². The first-order valence-corrected chi connectivity index (χ1v) is 12.4. The number of amides is 2. The smallest absolute Gasteiger partial charge is 0.342 e. The number of nitrogens with zero attached hydrogens (tertiary/aromatic N) is 4. The van der Waals surface area contributed by atoms with Crippen LogP contribution in [0.4, 0.5) is 14.9 Å². The fourth-order valence-electron chi connectivity index (χ4n) is 4.65. The average molecular weight is 502 g/mol. The molecule has 1 N–H and O–H groups in total. The molecule has 8 nitrogen and oxygen atoms in total. The van der Waals surface area contributed by atoms with Crippen LogP contribution in [-0.4, -0.2) is 53.0 Å². The molecule has 0 spiro atoms. The summed E-state index contributed by atoms with van der Waals surface area (Å²) in [7, 11) is 1.72. The highest BCUT2D eigenvalue weighted by atomic mass is 19.1. The number of anilines is 1. The molecule has 0 unspecified atom stereocenters. The number of ether oxygens (including phenoxy) is 1. The minimum Gasteiger partial charge on any atom is -0.381 e. The number of likely N-dealkylation sites (N-methyl/N-ethyl adjacent to an activating group) is 1. The Morgan fingerprint density at radius 1 is 1.24 bits per heavy atom. The molecule has 190 valence electrons. The lowest BCUT2D eigenvalue weighted by molar-refractivity contribution is -0.120. The average Bonchev–Trinajstić information content (AvgIpc) is 3.36. The molecule has 0 bridgehead atoms. The zero-order chi connectivity index (χ0) is 25.8. The van der Waals surface area contributed by atoms with E-state index < -0.39 is 18.0 Å². The summed E-state index contributed by atoms with van der Waals surface area (Å²) >= 11 is 0. The molecule has 2 aliphatic heterocycles. The molecule has 9 heteroatoms. The fourth-order valence-corrected chi connectivity index (χ4v) is 4.65. The van der Waals surface area contributed by atoms with Crippen molar-refractivity contribution in [3.05, 3.63) is 77.1 Å². The number of aryl methyl sites for hydroxylation is 1. The van der Waals surface area contributed by atoms with Gasteiger partial charge in [0.25, 0.3) is 0 Å². The maximum absolute atomic E-state index is 13.9. The number of fused-ring (bicyclic) bond motifs is 1. The lowest BCUT2D eigenvalue weighted by Crippen LogP contribution is -2.48. The van der Waals surface area contributed by atoms with Gasteiger partial charge in [-0.3, -0.25) is 4.79 Å². The Morgan fingerprint density at radius 3 is 2.89 bits per heavy atom. The van der Waals surface area contributed by atoms with Crippen LogP contribution in [-0.2, 0) is 22.4 Å². The van der Waals surface area contributed by atoms with Crippen LogP contribution >= 0.6 is 0 Å². The summed E-state index contributed by atoms with van der Waals surface area (Å²) < 4.78 is 20.4. The maximum atomic E-state index is 13.9. The van der Waals surface area contributed by atoms with Crippen LogP contribution in [0.1, 0.15) is 41.5 Å².